The normalized spacial score (nSPS) is 23.7. The van der Waals surface area contributed by atoms with Crippen molar-refractivity contribution in [3.63, 3.8) is 0 Å². The standard InChI is InChI=1S/C33H37N11O4S/c1-18(21-5-4-10-42(21)2)48-26-13-25(43-11-7-24(41-43)38-32(46)37-19-8-12-47-17-19)39-30(40-26)31-36-16-23-33(14-27(45)44(23)31)9-3-6-22-28(33)20(15-34)29(35)49-22/h7,11,13,16,18-19,21H,3-6,8-10,12,14,17,35H2,1-2H3,(H2,37,38,41,46)/t18-,19-,21-,33?/m0/s1. The van der Waals surface area contributed by atoms with E-state index < -0.39 is 5.41 Å². The molecule has 254 valence electrons. The first-order valence-electron chi connectivity index (χ1n) is 16.6. The Morgan fingerprint density at radius 1 is 1.31 bits per heavy atom. The molecule has 0 aromatic carbocycles. The van der Waals surface area contributed by atoms with Gasteiger partial charge >= 0.3 is 6.03 Å². The summed E-state index contributed by atoms with van der Waals surface area (Å²) in [5, 5.41) is 20.7. The summed E-state index contributed by atoms with van der Waals surface area (Å²) in [5.41, 5.74) is 7.62. The molecule has 4 aromatic rings. The molecule has 0 saturated carbocycles. The van der Waals surface area contributed by atoms with Crippen LogP contribution in [0.4, 0.5) is 15.6 Å². The molecule has 2 amide bonds. The number of nitriles is 1. The molecule has 1 spiro atoms. The van der Waals surface area contributed by atoms with E-state index in [0.717, 1.165) is 49.1 Å². The Hall–Kier alpha value is -4.85. The van der Waals surface area contributed by atoms with Gasteiger partial charge in [0.1, 0.15) is 17.2 Å². The molecule has 15 nitrogen and oxygen atoms in total. The number of nitrogens with zero attached hydrogens (tertiary/aromatic N) is 8. The largest absolute Gasteiger partial charge is 0.473 e. The third-order valence-electron chi connectivity index (χ3n) is 10.2. The zero-order chi connectivity index (χ0) is 33.9. The van der Waals surface area contributed by atoms with E-state index in [9.17, 15) is 14.9 Å². The molecule has 4 aliphatic rings. The van der Waals surface area contributed by atoms with Gasteiger partial charge in [0.05, 0.1) is 30.1 Å². The molecular formula is C33H37N11O4S. The maximum atomic E-state index is 13.9. The van der Waals surface area contributed by atoms with Crippen LogP contribution in [0.2, 0.25) is 0 Å². The van der Waals surface area contributed by atoms with Crippen molar-refractivity contribution in [1.29, 1.82) is 5.26 Å². The Morgan fingerprint density at radius 2 is 2.18 bits per heavy atom. The lowest BCUT2D eigenvalue weighted by Gasteiger charge is -2.32. The summed E-state index contributed by atoms with van der Waals surface area (Å²) in [6.07, 6.45) is 8.67. The highest BCUT2D eigenvalue weighted by atomic mass is 32.1. The van der Waals surface area contributed by atoms with E-state index >= 15 is 0 Å². The number of hydrogen-bond donors (Lipinski definition) is 3. The summed E-state index contributed by atoms with van der Waals surface area (Å²) in [6, 6.07) is 5.46. The molecule has 2 saturated heterocycles. The second-order valence-corrected chi connectivity index (χ2v) is 14.4. The van der Waals surface area contributed by atoms with Crippen LogP contribution in [-0.2, 0) is 16.6 Å². The van der Waals surface area contributed by atoms with E-state index in [0.29, 0.717) is 53.4 Å². The van der Waals surface area contributed by atoms with Gasteiger partial charge in [0.15, 0.2) is 17.5 Å². The van der Waals surface area contributed by atoms with E-state index in [4.69, 9.17) is 30.2 Å². The average Bonchev–Trinajstić information content (AvgIpc) is 3.92. The fourth-order valence-corrected chi connectivity index (χ4v) is 9.08. The van der Waals surface area contributed by atoms with Gasteiger partial charge in [0, 0.05) is 47.7 Å². The maximum absolute atomic E-state index is 13.9. The monoisotopic (exact) mass is 683 g/mol. The Bertz CT molecular complexity index is 1990. The van der Waals surface area contributed by atoms with E-state index in [1.54, 1.807) is 29.1 Å². The number of rotatable bonds is 7. The smallest absolute Gasteiger partial charge is 0.320 e. The second kappa shape index (κ2) is 12.2. The van der Waals surface area contributed by atoms with Gasteiger partial charge in [-0.3, -0.25) is 19.6 Å². The van der Waals surface area contributed by atoms with E-state index in [1.807, 2.05) is 6.92 Å². The molecule has 1 unspecified atom stereocenters. The number of aryl methyl sites for hydroxylation is 1. The molecule has 3 aliphatic heterocycles. The highest BCUT2D eigenvalue weighted by Gasteiger charge is 2.51. The van der Waals surface area contributed by atoms with Crippen molar-refractivity contribution in [2.24, 2.45) is 0 Å². The number of urea groups is 1. The molecule has 1 aliphatic carbocycles. The minimum atomic E-state index is -0.693. The van der Waals surface area contributed by atoms with Crippen molar-refractivity contribution in [2.45, 2.75) is 75.5 Å². The minimum Gasteiger partial charge on any atom is -0.473 e. The summed E-state index contributed by atoms with van der Waals surface area (Å²) in [6.45, 7) is 4.12. The van der Waals surface area contributed by atoms with Crippen LogP contribution >= 0.6 is 11.3 Å². The van der Waals surface area contributed by atoms with Gasteiger partial charge in [-0.15, -0.1) is 16.4 Å². The van der Waals surface area contributed by atoms with Crippen LogP contribution in [0.25, 0.3) is 17.5 Å². The average molecular weight is 684 g/mol. The number of thiophene rings is 1. The van der Waals surface area contributed by atoms with Crippen molar-refractivity contribution in [3.8, 4) is 29.4 Å². The Labute approximate surface area is 286 Å². The zero-order valence-corrected chi connectivity index (χ0v) is 28.1. The van der Waals surface area contributed by atoms with Crippen LogP contribution in [0.1, 0.15) is 71.9 Å². The third-order valence-corrected chi connectivity index (χ3v) is 11.3. The molecule has 7 heterocycles. The number of nitrogens with two attached hydrogens (primary N) is 1. The van der Waals surface area contributed by atoms with Gasteiger partial charge in [0.25, 0.3) is 0 Å². The molecule has 4 atom stereocenters. The van der Waals surface area contributed by atoms with Crippen LogP contribution in [0, 0.1) is 11.3 Å². The van der Waals surface area contributed by atoms with Gasteiger partial charge in [-0.05, 0) is 64.6 Å². The highest BCUT2D eigenvalue weighted by Crippen LogP contribution is 2.54. The molecular weight excluding hydrogens is 647 g/mol. The molecule has 49 heavy (non-hydrogen) atoms. The van der Waals surface area contributed by atoms with Crippen LogP contribution in [0.5, 0.6) is 5.88 Å². The zero-order valence-electron chi connectivity index (χ0n) is 27.3. The van der Waals surface area contributed by atoms with Gasteiger partial charge in [-0.1, -0.05) is 0 Å². The van der Waals surface area contributed by atoms with Crippen LogP contribution in [0.15, 0.2) is 24.5 Å². The highest BCUT2D eigenvalue weighted by molar-refractivity contribution is 7.16. The second-order valence-electron chi connectivity index (χ2n) is 13.3. The number of ether oxygens (including phenoxy) is 2. The lowest BCUT2D eigenvalue weighted by molar-refractivity contribution is 0.0912. The number of likely N-dealkylation sites (tertiary alicyclic amines) is 1. The summed E-state index contributed by atoms with van der Waals surface area (Å²) >= 11 is 1.44. The predicted molar refractivity (Wildman–Crippen MR) is 180 cm³/mol. The molecule has 8 rings (SSSR count). The maximum Gasteiger partial charge on any atom is 0.320 e. The van der Waals surface area contributed by atoms with Crippen molar-refractivity contribution in [2.75, 3.05) is 37.9 Å². The number of nitrogens with one attached hydrogen (secondary N) is 2. The van der Waals surface area contributed by atoms with Crippen LogP contribution in [0.3, 0.4) is 0 Å². The van der Waals surface area contributed by atoms with Crippen molar-refractivity contribution >= 4 is 34.1 Å². The minimum absolute atomic E-state index is 0.0472. The number of fused-ring (bicyclic) bond motifs is 4. The number of carbonyl (C=O) groups is 2. The number of anilines is 2. The van der Waals surface area contributed by atoms with E-state index in [1.165, 1.54) is 16.0 Å². The fraction of sp³-hybridized carbons (Fsp3) is 0.485. The lowest BCUT2D eigenvalue weighted by Crippen LogP contribution is -2.38. The molecule has 4 N–H and O–H groups in total. The van der Waals surface area contributed by atoms with Crippen LogP contribution < -0.4 is 21.1 Å². The van der Waals surface area contributed by atoms with Gasteiger partial charge < -0.3 is 20.5 Å². The quantitative estimate of drug-likeness (QED) is 0.258. The summed E-state index contributed by atoms with van der Waals surface area (Å²) in [7, 11) is 2.09. The molecule has 16 heteroatoms. The van der Waals surface area contributed by atoms with Crippen molar-refractivity contribution < 1.29 is 19.1 Å². The SMILES string of the molecule is C[C@H](Oc1cc(-n2ccc(NC(=O)N[C@H]3CCOC3)n2)nc(-c2ncc3n2C(=O)CC32CCCc3sc(N)c(C#N)c32)n1)[C@@H]1CCCN1C. The molecule has 2 fully saturated rings. The van der Waals surface area contributed by atoms with Gasteiger partial charge in [-0.2, -0.15) is 10.2 Å². The first-order valence-corrected chi connectivity index (χ1v) is 17.5. The molecule has 0 bridgehead atoms. The Morgan fingerprint density at radius 3 is 2.96 bits per heavy atom. The van der Waals surface area contributed by atoms with Crippen LogP contribution in [-0.4, -0.2) is 91.1 Å². The first-order chi connectivity index (χ1) is 23.7. The van der Waals surface area contributed by atoms with Gasteiger partial charge in [-0.25, -0.2) is 19.4 Å². The number of amides is 2. The molecule has 4 aromatic heterocycles. The lowest BCUT2D eigenvalue weighted by atomic mass is 9.68. The number of nitrogen functional groups attached to an aromatic ring is 1. The predicted octanol–water partition coefficient (Wildman–Crippen LogP) is 3.48. The Kier molecular flexibility index (Phi) is 7.85. The van der Waals surface area contributed by atoms with Crippen molar-refractivity contribution in [1.82, 2.24) is 39.5 Å². The first kappa shape index (κ1) is 31.4. The fourth-order valence-electron chi connectivity index (χ4n) is 7.92. The van der Waals surface area contributed by atoms with E-state index in [-0.39, 0.29) is 48.2 Å². The number of hydrogen-bond acceptors (Lipinski definition) is 12. The van der Waals surface area contributed by atoms with Crippen molar-refractivity contribution in [3.05, 3.63) is 46.2 Å². The van der Waals surface area contributed by atoms with Gasteiger partial charge in [0.2, 0.25) is 17.6 Å². The topological polar surface area (TPSA) is 191 Å². The number of carbonyl (C=O) groups excluding carboxylic acids is 2. The third kappa shape index (κ3) is 5.42. The number of imidazole rings is 1. The number of likely N-dealkylation sites (N-methyl/N-ethyl adjacent to an activating group) is 1. The molecule has 0 radical (unpaired) electrons. The van der Waals surface area contributed by atoms with E-state index in [2.05, 4.69) is 33.7 Å². The Balaban J connectivity index is 1.17. The number of aromatic nitrogens is 6. The summed E-state index contributed by atoms with van der Waals surface area (Å²) in [4.78, 5) is 44.2. The summed E-state index contributed by atoms with van der Waals surface area (Å²) < 4.78 is 14.9. The summed E-state index contributed by atoms with van der Waals surface area (Å²) in [5.74, 6) is 1.35.